The number of rotatable bonds is 5. The molecule has 0 radical (unpaired) electrons. The van der Waals surface area contributed by atoms with Crippen molar-refractivity contribution in [2.24, 2.45) is 0 Å². The first-order valence-electron chi connectivity index (χ1n) is 9.90. The summed E-state index contributed by atoms with van der Waals surface area (Å²) in [6.07, 6.45) is 8.24. The molecule has 0 bridgehead atoms. The molecular formula is C19H32N4O. The smallest absolute Gasteiger partial charge is 0.138 e. The molecule has 4 rings (SSSR count). The van der Waals surface area contributed by atoms with Crippen molar-refractivity contribution in [3.05, 3.63) is 17.5 Å². The fraction of sp³-hybridized carbons (Fsp3) is 0.842. The first kappa shape index (κ1) is 16.6. The third-order valence-electron chi connectivity index (χ3n) is 6.25. The number of nitrogens with zero attached hydrogens (tertiary/aromatic N) is 4. The van der Waals surface area contributed by atoms with E-state index >= 15 is 0 Å². The van der Waals surface area contributed by atoms with Crippen LogP contribution < -0.4 is 0 Å². The van der Waals surface area contributed by atoms with Gasteiger partial charge in [0.15, 0.2) is 0 Å². The predicted molar refractivity (Wildman–Crippen MR) is 95.2 cm³/mol. The zero-order valence-corrected chi connectivity index (χ0v) is 15.1. The average molecular weight is 332 g/mol. The van der Waals surface area contributed by atoms with Gasteiger partial charge >= 0.3 is 0 Å². The molecule has 1 aromatic heterocycles. The highest BCUT2D eigenvalue weighted by Gasteiger charge is 2.34. The van der Waals surface area contributed by atoms with Gasteiger partial charge in [-0.1, -0.05) is 24.4 Å². The third-order valence-corrected chi connectivity index (χ3v) is 6.25. The van der Waals surface area contributed by atoms with Crippen molar-refractivity contribution in [1.82, 2.24) is 19.9 Å². The second-order valence-corrected chi connectivity index (χ2v) is 7.96. The van der Waals surface area contributed by atoms with Gasteiger partial charge in [-0.2, -0.15) is 0 Å². The molecule has 1 aliphatic carbocycles. The molecule has 0 atom stereocenters. The van der Waals surface area contributed by atoms with Crippen LogP contribution in [0.2, 0.25) is 0 Å². The van der Waals surface area contributed by atoms with Gasteiger partial charge in [-0.05, 0) is 19.8 Å². The number of likely N-dealkylation sites (tertiary alicyclic amines) is 1. The lowest BCUT2D eigenvalue weighted by Gasteiger charge is -2.49. The lowest BCUT2D eigenvalue weighted by Crippen LogP contribution is -2.63. The van der Waals surface area contributed by atoms with E-state index in [-0.39, 0.29) is 0 Å². The minimum absolute atomic E-state index is 0.787. The molecule has 134 valence electrons. The van der Waals surface area contributed by atoms with E-state index < -0.39 is 0 Å². The Balaban J connectivity index is 1.14. The fourth-order valence-corrected chi connectivity index (χ4v) is 4.67. The van der Waals surface area contributed by atoms with Gasteiger partial charge in [0.25, 0.3) is 0 Å². The molecule has 0 spiro atoms. The molecular weight excluding hydrogens is 300 g/mol. The van der Waals surface area contributed by atoms with Gasteiger partial charge in [0.05, 0.1) is 5.69 Å². The summed E-state index contributed by atoms with van der Waals surface area (Å²) in [5.74, 6) is 1.03. The van der Waals surface area contributed by atoms with Crippen molar-refractivity contribution in [2.45, 2.75) is 57.5 Å². The predicted octanol–water partition coefficient (Wildman–Crippen LogP) is 2.16. The lowest BCUT2D eigenvalue weighted by molar-refractivity contribution is -0.00711. The molecule has 2 aliphatic heterocycles. The second-order valence-electron chi connectivity index (χ2n) is 7.96. The summed E-state index contributed by atoms with van der Waals surface area (Å²) in [4.78, 5) is 8.06. The van der Waals surface area contributed by atoms with Crippen LogP contribution in [0.25, 0.3) is 0 Å². The Morgan fingerprint density at radius 2 is 1.67 bits per heavy atom. The summed E-state index contributed by atoms with van der Waals surface area (Å²) in [6, 6.07) is 3.74. The molecule has 2 saturated heterocycles. The standard InChI is InChI=1S/C19H32N4O/c1-16-13-19(24-20-16)7-8-21-14-18(15-21)23-11-9-22(10-12-23)17-5-3-2-4-6-17/h13,17-18H,2-12,14-15H2,1H3. The normalized spacial score (nSPS) is 25.9. The maximum absolute atomic E-state index is 5.30. The first-order valence-corrected chi connectivity index (χ1v) is 9.90. The van der Waals surface area contributed by atoms with E-state index in [1.807, 2.05) is 6.92 Å². The zero-order valence-electron chi connectivity index (χ0n) is 15.1. The molecule has 0 amide bonds. The maximum Gasteiger partial charge on any atom is 0.138 e. The molecule has 1 saturated carbocycles. The van der Waals surface area contributed by atoms with Crippen LogP contribution in [-0.2, 0) is 6.42 Å². The van der Waals surface area contributed by atoms with Crippen LogP contribution >= 0.6 is 0 Å². The zero-order chi connectivity index (χ0) is 16.4. The van der Waals surface area contributed by atoms with Crippen LogP contribution in [0.4, 0.5) is 0 Å². The molecule has 5 heteroatoms. The Kier molecular flexibility index (Phi) is 5.20. The first-order chi connectivity index (χ1) is 11.8. The van der Waals surface area contributed by atoms with Crippen molar-refractivity contribution >= 4 is 0 Å². The van der Waals surface area contributed by atoms with Crippen LogP contribution in [0.1, 0.15) is 43.6 Å². The van der Waals surface area contributed by atoms with Crippen LogP contribution in [0.15, 0.2) is 10.6 Å². The van der Waals surface area contributed by atoms with Crippen molar-refractivity contribution in [1.29, 1.82) is 0 Å². The summed E-state index contributed by atoms with van der Waals surface area (Å²) in [5.41, 5.74) is 0.988. The van der Waals surface area contributed by atoms with Crippen LogP contribution in [0.5, 0.6) is 0 Å². The highest BCUT2D eigenvalue weighted by atomic mass is 16.5. The Hall–Kier alpha value is -0.910. The number of hydrogen-bond acceptors (Lipinski definition) is 5. The Morgan fingerprint density at radius 3 is 2.29 bits per heavy atom. The van der Waals surface area contributed by atoms with Gasteiger partial charge in [0.1, 0.15) is 5.76 Å². The second kappa shape index (κ2) is 7.54. The van der Waals surface area contributed by atoms with E-state index in [1.165, 1.54) is 71.4 Å². The van der Waals surface area contributed by atoms with Gasteiger partial charge < -0.3 is 4.52 Å². The molecule has 5 nitrogen and oxygen atoms in total. The van der Waals surface area contributed by atoms with Gasteiger partial charge in [-0.15, -0.1) is 0 Å². The molecule has 0 aromatic carbocycles. The summed E-state index contributed by atoms with van der Waals surface area (Å²) in [5, 5.41) is 3.97. The number of aryl methyl sites for hydroxylation is 1. The van der Waals surface area contributed by atoms with Crippen LogP contribution in [-0.4, -0.2) is 77.8 Å². The lowest BCUT2D eigenvalue weighted by atomic mass is 9.93. The molecule has 3 heterocycles. The van der Waals surface area contributed by atoms with Gasteiger partial charge in [-0.25, -0.2) is 0 Å². The summed E-state index contributed by atoms with van der Waals surface area (Å²) in [7, 11) is 0. The SMILES string of the molecule is Cc1cc(CCN2CC(N3CCN(C4CCCCC4)CC3)C2)on1. The minimum atomic E-state index is 0.787. The van der Waals surface area contributed by atoms with Crippen molar-refractivity contribution in [3.8, 4) is 0 Å². The van der Waals surface area contributed by atoms with Crippen LogP contribution in [0, 0.1) is 6.92 Å². The Morgan fingerprint density at radius 1 is 1.00 bits per heavy atom. The average Bonchev–Trinajstić information content (AvgIpc) is 3.00. The van der Waals surface area contributed by atoms with E-state index in [9.17, 15) is 0 Å². The molecule has 0 N–H and O–H groups in total. The quantitative estimate of drug-likeness (QED) is 0.826. The Bertz CT molecular complexity index is 511. The highest BCUT2D eigenvalue weighted by molar-refractivity contribution is 5.04. The number of hydrogen-bond donors (Lipinski definition) is 0. The Labute approximate surface area is 145 Å². The topological polar surface area (TPSA) is 35.8 Å². The summed E-state index contributed by atoms with van der Waals surface area (Å²) in [6.45, 7) is 10.7. The van der Waals surface area contributed by atoms with Crippen molar-refractivity contribution in [2.75, 3.05) is 45.8 Å². The molecule has 0 unspecified atom stereocenters. The number of aromatic nitrogens is 1. The summed E-state index contributed by atoms with van der Waals surface area (Å²) >= 11 is 0. The number of piperazine rings is 1. The van der Waals surface area contributed by atoms with Crippen molar-refractivity contribution < 1.29 is 4.52 Å². The van der Waals surface area contributed by atoms with Crippen molar-refractivity contribution in [3.63, 3.8) is 0 Å². The fourth-order valence-electron chi connectivity index (χ4n) is 4.67. The maximum atomic E-state index is 5.30. The van der Waals surface area contributed by atoms with Gasteiger partial charge in [0.2, 0.25) is 0 Å². The van der Waals surface area contributed by atoms with Gasteiger partial charge in [0, 0.05) is 70.4 Å². The van der Waals surface area contributed by atoms with E-state index in [0.717, 1.165) is 36.5 Å². The van der Waals surface area contributed by atoms with E-state index in [2.05, 4.69) is 25.9 Å². The molecule has 1 aromatic rings. The highest BCUT2D eigenvalue weighted by Crippen LogP contribution is 2.25. The third kappa shape index (κ3) is 3.84. The van der Waals surface area contributed by atoms with Crippen LogP contribution in [0.3, 0.4) is 0 Å². The summed E-state index contributed by atoms with van der Waals surface area (Å²) < 4.78 is 5.30. The van der Waals surface area contributed by atoms with E-state index in [4.69, 9.17) is 4.52 Å². The molecule has 3 aliphatic rings. The van der Waals surface area contributed by atoms with E-state index in [0.29, 0.717) is 0 Å². The molecule has 3 fully saturated rings. The van der Waals surface area contributed by atoms with E-state index in [1.54, 1.807) is 0 Å². The van der Waals surface area contributed by atoms with Gasteiger partial charge in [-0.3, -0.25) is 14.7 Å². The monoisotopic (exact) mass is 332 g/mol. The largest absolute Gasteiger partial charge is 0.361 e. The molecule has 24 heavy (non-hydrogen) atoms. The minimum Gasteiger partial charge on any atom is -0.361 e.